The summed E-state index contributed by atoms with van der Waals surface area (Å²) in [6, 6.07) is 8.54. The Labute approximate surface area is 110 Å². The van der Waals surface area contributed by atoms with E-state index in [1.807, 2.05) is 0 Å². The van der Waals surface area contributed by atoms with Crippen LogP contribution >= 0.6 is 0 Å². The lowest BCUT2D eigenvalue weighted by Gasteiger charge is -2.34. The lowest BCUT2D eigenvalue weighted by Crippen LogP contribution is -2.38. The Balaban J connectivity index is 2.22. The summed E-state index contributed by atoms with van der Waals surface area (Å²) in [5.74, 6) is 0. The number of hydrogen-bond acceptors (Lipinski definition) is 2. The molecular formula is C16H25NO. The predicted octanol–water partition coefficient (Wildman–Crippen LogP) is 3.07. The van der Waals surface area contributed by atoms with Crippen molar-refractivity contribution in [2.45, 2.75) is 56.9 Å². The third-order valence-corrected chi connectivity index (χ3v) is 4.38. The van der Waals surface area contributed by atoms with Gasteiger partial charge in [-0.2, -0.15) is 0 Å². The van der Waals surface area contributed by atoms with Gasteiger partial charge >= 0.3 is 0 Å². The summed E-state index contributed by atoms with van der Waals surface area (Å²) in [5, 5.41) is 9.39. The molecule has 0 unspecified atom stereocenters. The van der Waals surface area contributed by atoms with Crippen molar-refractivity contribution in [1.82, 2.24) is 0 Å². The normalized spacial score (nSPS) is 19.8. The van der Waals surface area contributed by atoms with E-state index in [0.717, 1.165) is 12.8 Å². The van der Waals surface area contributed by atoms with Gasteiger partial charge in [-0.1, -0.05) is 57.4 Å². The van der Waals surface area contributed by atoms with Crippen LogP contribution < -0.4 is 5.73 Å². The summed E-state index contributed by atoms with van der Waals surface area (Å²) < 4.78 is 0. The highest BCUT2D eigenvalue weighted by atomic mass is 16.3. The van der Waals surface area contributed by atoms with Gasteiger partial charge in [-0.15, -0.1) is 0 Å². The lowest BCUT2D eigenvalue weighted by atomic mass is 9.76. The lowest BCUT2D eigenvalue weighted by molar-refractivity contribution is 0.218. The molecule has 0 saturated heterocycles. The van der Waals surface area contributed by atoms with E-state index in [0.29, 0.717) is 0 Å². The number of hydrogen-bond donors (Lipinski definition) is 2. The molecular weight excluding hydrogens is 222 g/mol. The van der Waals surface area contributed by atoms with Gasteiger partial charge in [-0.25, -0.2) is 0 Å². The van der Waals surface area contributed by atoms with Crippen molar-refractivity contribution in [1.29, 1.82) is 0 Å². The second-order valence-electron chi connectivity index (χ2n) is 6.34. The fraction of sp³-hybridized carbons (Fsp3) is 0.625. The van der Waals surface area contributed by atoms with Gasteiger partial charge in [-0.3, -0.25) is 0 Å². The quantitative estimate of drug-likeness (QED) is 0.862. The van der Waals surface area contributed by atoms with Crippen LogP contribution in [0.5, 0.6) is 0 Å². The molecule has 2 heteroatoms. The maximum absolute atomic E-state index is 9.39. The van der Waals surface area contributed by atoms with Crippen LogP contribution in [0.4, 0.5) is 0 Å². The maximum atomic E-state index is 9.39. The van der Waals surface area contributed by atoms with Gasteiger partial charge in [0.1, 0.15) is 0 Å². The van der Waals surface area contributed by atoms with Crippen molar-refractivity contribution in [3.05, 3.63) is 35.4 Å². The Morgan fingerprint density at radius 3 is 2.17 bits per heavy atom. The minimum absolute atomic E-state index is 0.125. The molecule has 1 aromatic carbocycles. The number of aliphatic hydroxyl groups is 1. The summed E-state index contributed by atoms with van der Waals surface area (Å²) in [6.45, 7) is 4.28. The molecule has 0 aliphatic heterocycles. The van der Waals surface area contributed by atoms with Crippen LogP contribution in [0.2, 0.25) is 0 Å². The minimum atomic E-state index is -0.174. The van der Waals surface area contributed by atoms with Gasteiger partial charge in [0.15, 0.2) is 0 Å². The highest BCUT2D eigenvalue weighted by Crippen LogP contribution is 2.35. The molecule has 18 heavy (non-hydrogen) atoms. The zero-order valence-electron chi connectivity index (χ0n) is 11.6. The highest BCUT2D eigenvalue weighted by Gasteiger charge is 2.29. The Bertz CT molecular complexity index is 388. The van der Waals surface area contributed by atoms with E-state index in [-0.39, 0.29) is 17.6 Å². The first kappa shape index (κ1) is 13.6. The molecule has 1 saturated carbocycles. The second kappa shape index (κ2) is 5.02. The van der Waals surface area contributed by atoms with Crippen molar-refractivity contribution in [2.24, 2.45) is 5.73 Å². The van der Waals surface area contributed by atoms with E-state index in [2.05, 4.69) is 38.1 Å². The van der Waals surface area contributed by atoms with Crippen molar-refractivity contribution in [3.63, 3.8) is 0 Å². The second-order valence-corrected chi connectivity index (χ2v) is 6.34. The van der Waals surface area contributed by atoms with Gasteiger partial charge in [0.2, 0.25) is 0 Å². The molecule has 1 aliphatic carbocycles. The molecule has 0 amide bonds. The van der Waals surface area contributed by atoms with Gasteiger partial charge in [-0.05, 0) is 24.0 Å². The van der Waals surface area contributed by atoms with E-state index in [4.69, 9.17) is 5.73 Å². The van der Waals surface area contributed by atoms with Gasteiger partial charge < -0.3 is 10.8 Å². The average Bonchev–Trinajstić information content (AvgIpc) is 2.40. The predicted molar refractivity (Wildman–Crippen MR) is 75.5 cm³/mol. The van der Waals surface area contributed by atoms with Gasteiger partial charge in [0.25, 0.3) is 0 Å². The van der Waals surface area contributed by atoms with Crippen LogP contribution in [-0.4, -0.2) is 11.7 Å². The smallest absolute Gasteiger partial charge is 0.0522 e. The van der Waals surface area contributed by atoms with Crippen LogP contribution in [0.25, 0.3) is 0 Å². The van der Waals surface area contributed by atoms with E-state index >= 15 is 0 Å². The molecule has 1 aliphatic rings. The fourth-order valence-corrected chi connectivity index (χ4v) is 2.82. The summed E-state index contributed by atoms with van der Waals surface area (Å²) >= 11 is 0. The Morgan fingerprint density at radius 1 is 1.11 bits per heavy atom. The molecule has 0 aromatic heterocycles. The first-order chi connectivity index (χ1) is 8.48. The molecule has 0 bridgehead atoms. The largest absolute Gasteiger partial charge is 0.395 e. The van der Waals surface area contributed by atoms with E-state index in [1.54, 1.807) is 0 Å². The molecule has 0 atom stereocenters. The molecule has 0 heterocycles. The van der Waals surface area contributed by atoms with Crippen LogP contribution in [0.15, 0.2) is 24.3 Å². The monoisotopic (exact) mass is 247 g/mol. The summed E-state index contributed by atoms with van der Waals surface area (Å²) in [5.41, 5.74) is 8.65. The third kappa shape index (κ3) is 2.60. The molecule has 2 nitrogen and oxygen atoms in total. The van der Waals surface area contributed by atoms with Crippen molar-refractivity contribution >= 4 is 0 Å². The van der Waals surface area contributed by atoms with E-state index in [1.165, 1.54) is 30.4 Å². The SMILES string of the molecule is CC(C)(CO)c1ccc(C2(N)CCCCC2)cc1. The first-order valence-corrected chi connectivity index (χ1v) is 6.99. The molecule has 0 radical (unpaired) electrons. The zero-order chi connectivity index (χ0) is 13.2. The molecule has 3 N–H and O–H groups in total. The number of benzene rings is 1. The van der Waals surface area contributed by atoms with Crippen LogP contribution in [0.3, 0.4) is 0 Å². The first-order valence-electron chi connectivity index (χ1n) is 6.99. The van der Waals surface area contributed by atoms with E-state index < -0.39 is 0 Å². The standard InChI is InChI=1S/C16H25NO/c1-15(2,12-18)13-6-8-14(9-7-13)16(17)10-4-3-5-11-16/h6-9,18H,3-5,10-12,17H2,1-2H3. The summed E-state index contributed by atoms with van der Waals surface area (Å²) in [4.78, 5) is 0. The van der Waals surface area contributed by atoms with Crippen molar-refractivity contribution in [3.8, 4) is 0 Å². The molecule has 1 fully saturated rings. The highest BCUT2D eigenvalue weighted by molar-refractivity contribution is 5.32. The molecule has 1 aromatic rings. The Hall–Kier alpha value is -0.860. The van der Waals surface area contributed by atoms with Crippen molar-refractivity contribution in [2.75, 3.05) is 6.61 Å². The molecule has 0 spiro atoms. The molecule has 2 rings (SSSR count). The number of rotatable bonds is 3. The van der Waals surface area contributed by atoms with Crippen LogP contribution in [0, 0.1) is 0 Å². The maximum Gasteiger partial charge on any atom is 0.0522 e. The van der Waals surface area contributed by atoms with Crippen molar-refractivity contribution < 1.29 is 5.11 Å². The zero-order valence-corrected chi connectivity index (χ0v) is 11.6. The third-order valence-electron chi connectivity index (χ3n) is 4.38. The Kier molecular flexibility index (Phi) is 3.79. The van der Waals surface area contributed by atoms with Crippen LogP contribution in [0.1, 0.15) is 57.1 Å². The number of aliphatic hydroxyl groups excluding tert-OH is 1. The summed E-state index contributed by atoms with van der Waals surface area (Å²) in [6.07, 6.45) is 5.97. The van der Waals surface area contributed by atoms with Gasteiger partial charge in [0.05, 0.1) is 6.61 Å². The summed E-state index contributed by atoms with van der Waals surface area (Å²) in [7, 11) is 0. The minimum Gasteiger partial charge on any atom is -0.395 e. The number of nitrogens with two attached hydrogens (primary N) is 1. The van der Waals surface area contributed by atoms with Crippen LogP contribution in [-0.2, 0) is 11.0 Å². The average molecular weight is 247 g/mol. The van der Waals surface area contributed by atoms with E-state index in [9.17, 15) is 5.11 Å². The Morgan fingerprint density at radius 2 is 1.67 bits per heavy atom. The molecule has 100 valence electrons. The fourth-order valence-electron chi connectivity index (χ4n) is 2.82. The topological polar surface area (TPSA) is 46.2 Å². The van der Waals surface area contributed by atoms with Gasteiger partial charge in [0, 0.05) is 11.0 Å².